The van der Waals surface area contributed by atoms with Crippen molar-refractivity contribution in [2.45, 2.75) is 26.8 Å². The second kappa shape index (κ2) is 6.91. The average molecular weight is 280 g/mol. The number of nitrogens with one attached hydrogen (secondary N) is 1. The predicted octanol–water partition coefficient (Wildman–Crippen LogP) is 2.37. The summed E-state index contributed by atoms with van der Waals surface area (Å²) in [6.45, 7) is 5.53. The second-order valence-electron chi connectivity index (χ2n) is 4.33. The SMILES string of the molecule is CCOC(=O)Nc1ccc(C(C)N)c(C)c1C(=O)OC. The number of nitrogens with two attached hydrogens (primary N) is 1. The van der Waals surface area contributed by atoms with Crippen molar-refractivity contribution in [3.63, 3.8) is 0 Å². The molecule has 1 aromatic rings. The van der Waals surface area contributed by atoms with Gasteiger partial charge in [0.2, 0.25) is 0 Å². The molecule has 1 aromatic carbocycles. The molecule has 20 heavy (non-hydrogen) atoms. The number of methoxy groups -OCH3 is 1. The Morgan fingerprint density at radius 1 is 1.40 bits per heavy atom. The van der Waals surface area contributed by atoms with E-state index in [1.807, 2.05) is 6.92 Å². The summed E-state index contributed by atoms with van der Waals surface area (Å²) >= 11 is 0. The van der Waals surface area contributed by atoms with Crippen LogP contribution < -0.4 is 11.1 Å². The molecule has 6 nitrogen and oxygen atoms in total. The number of anilines is 1. The zero-order valence-electron chi connectivity index (χ0n) is 12.1. The van der Waals surface area contributed by atoms with Crippen LogP contribution in [0.5, 0.6) is 0 Å². The van der Waals surface area contributed by atoms with Gasteiger partial charge in [-0.05, 0) is 38.0 Å². The van der Waals surface area contributed by atoms with E-state index in [9.17, 15) is 9.59 Å². The van der Waals surface area contributed by atoms with Crippen molar-refractivity contribution in [2.24, 2.45) is 5.73 Å². The van der Waals surface area contributed by atoms with Gasteiger partial charge in [0.15, 0.2) is 0 Å². The van der Waals surface area contributed by atoms with Crippen LogP contribution in [0.4, 0.5) is 10.5 Å². The molecule has 0 saturated heterocycles. The zero-order valence-corrected chi connectivity index (χ0v) is 12.1. The van der Waals surface area contributed by atoms with Crippen LogP contribution in [-0.4, -0.2) is 25.8 Å². The fraction of sp³-hybridized carbons (Fsp3) is 0.429. The lowest BCUT2D eigenvalue weighted by Crippen LogP contribution is -2.19. The lowest BCUT2D eigenvalue weighted by atomic mass is 9.96. The van der Waals surface area contributed by atoms with Crippen LogP contribution in [0, 0.1) is 6.92 Å². The minimum Gasteiger partial charge on any atom is -0.465 e. The lowest BCUT2D eigenvalue weighted by Gasteiger charge is -2.17. The Kier molecular flexibility index (Phi) is 5.52. The molecule has 0 fully saturated rings. The Hall–Kier alpha value is -2.08. The maximum Gasteiger partial charge on any atom is 0.411 e. The van der Waals surface area contributed by atoms with E-state index < -0.39 is 12.1 Å². The fourth-order valence-corrected chi connectivity index (χ4v) is 1.97. The van der Waals surface area contributed by atoms with Gasteiger partial charge in [-0.1, -0.05) is 6.07 Å². The minimum atomic E-state index is -0.620. The van der Waals surface area contributed by atoms with E-state index in [1.165, 1.54) is 7.11 Å². The zero-order chi connectivity index (χ0) is 15.3. The molecule has 0 bridgehead atoms. The lowest BCUT2D eigenvalue weighted by molar-refractivity contribution is 0.0601. The van der Waals surface area contributed by atoms with Gasteiger partial charge in [0.1, 0.15) is 0 Å². The first-order chi connectivity index (χ1) is 9.42. The smallest absolute Gasteiger partial charge is 0.411 e. The van der Waals surface area contributed by atoms with Gasteiger partial charge in [0, 0.05) is 6.04 Å². The van der Waals surface area contributed by atoms with Gasteiger partial charge in [0.05, 0.1) is 25.0 Å². The van der Waals surface area contributed by atoms with E-state index >= 15 is 0 Å². The molecule has 0 spiro atoms. The average Bonchev–Trinajstić information content (AvgIpc) is 2.38. The van der Waals surface area contributed by atoms with Crippen LogP contribution in [0.1, 0.15) is 41.4 Å². The van der Waals surface area contributed by atoms with Gasteiger partial charge in [-0.3, -0.25) is 5.32 Å². The molecule has 110 valence electrons. The summed E-state index contributed by atoms with van der Waals surface area (Å²) in [5, 5.41) is 2.53. The summed E-state index contributed by atoms with van der Waals surface area (Å²) < 4.78 is 9.57. The highest BCUT2D eigenvalue weighted by Crippen LogP contribution is 2.27. The van der Waals surface area contributed by atoms with Gasteiger partial charge >= 0.3 is 12.1 Å². The largest absolute Gasteiger partial charge is 0.465 e. The van der Waals surface area contributed by atoms with E-state index in [-0.39, 0.29) is 18.2 Å². The number of esters is 1. The number of ether oxygens (including phenoxy) is 2. The molecule has 0 aliphatic heterocycles. The number of hydrogen-bond acceptors (Lipinski definition) is 5. The van der Waals surface area contributed by atoms with E-state index in [1.54, 1.807) is 26.0 Å². The molecule has 0 aliphatic carbocycles. The van der Waals surface area contributed by atoms with Crippen LogP contribution in [0.15, 0.2) is 12.1 Å². The van der Waals surface area contributed by atoms with E-state index in [2.05, 4.69) is 5.32 Å². The molecule has 1 unspecified atom stereocenters. The number of hydrogen-bond donors (Lipinski definition) is 2. The topological polar surface area (TPSA) is 90.6 Å². The third kappa shape index (κ3) is 3.48. The standard InChI is InChI=1S/C14H20N2O4/c1-5-20-14(18)16-11-7-6-10(9(3)15)8(2)12(11)13(17)19-4/h6-7,9H,5,15H2,1-4H3,(H,16,18). The van der Waals surface area contributed by atoms with Crippen molar-refractivity contribution in [3.05, 3.63) is 28.8 Å². The normalized spacial score (nSPS) is 11.7. The number of carbonyl (C=O) groups excluding carboxylic acids is 2. The molecule has 0 saturated carbocycles. The second-order valence-corrected chi connectivity index (χ2v) is 4.33. The number of carbonyl (C=O) groups is 2. The highest BCUT2D eigenvalue weighted by atomic mass is 16.5. The molecule has 0 aromatic heterocycles. The Morgan fingerprint density at radius 3 is 2.55 bits per heavy atom. The summed E-state index contributed by atoms with van der Waals surface area (Å²) in [7, 11) is 1.29. The van der Waals surface area contributed by atoms with Crippen molar-refractivity contribution < 1.29 is 19.1 Å². The summed E-state index contributed by atoms with van der Waals surface area (Å²) in [4.78, 5) is 23.4. The van der Waals surface area contributed by atoms with E-state index in [0.29, 0.717) is 11.3 Å². The molecular weight excluding hydrogens is 260 g/mol. The van der Waals surface area contributed by atoms with Gasteiger partial charge < -0.3 is 15.2 Å². The highest BCUT2D eigenvalue weighted by molar-refractivity contribution is 6.01. The van der Waals surface area contributed by atoms with Crippen LogP contribution >= 0.6 is 0 Å². The Morgan fingerprint density at radius 2 is 2.05 bits per heavy atom. The monoisotopic (exact) mass is 280 g/mol. The van der Waals surface area contributed by atoms with Crippen LogP contribution in [-0.2, 0) is 9.47 Å². The Bertz CT molecular complexity index is 512. The van der Waals surface area contributed by atoms with E-state index in [0.717, 1.165) is 5.56 Å². The summed E-state index contributed by atoms with van der Waals surface area (Å²) in [6, 6.07) is 3.16. The van der Waals surface area contributed by atoms with E-state index in [4.69, 9.17) is 15.2 Å². The molecule has 1 rings (SSSR count). The van der Waals surface area contributed by atoms with Crippen molar-refractivity contribution in [1.82, 2.24) is 0 Å². The molecule has 0 heterocycles. The van der Waals surface area contributed by atoms with Crippen LogP contribution in [0.3, 0.4) is 0 Å². The third-order valence-corrected chi connectivity index (χ3v) is 2.90. The van der Waals surface area contributed by atoms with Crippen LogP contribution in [0.2, 0.25) is 0 Å². The minimum absolute atomic E-state index is 0.227. The summed E-state index contributed by atoms with van der Waals surface area (Å²) in [5.74, 6) is -0.531. The van der Waals surface area contributed by atoms with Crippen LogP contribution in [0.25, 0.3) is 0 Å². The maximum atomic E-state index is 11.9. The Labute approximate surface area is 118 Å². The highest BCUT2D eigenvalue weighted by Gasteiger charge is 2.20. The van der Waals surface area contributed by atoms with Crippen molar-refractivity contribution in [3.8, 4) is 0 Å². The maximum absolute atomic E-state index is 11.9. The molecule has 3 N–H and O–H groups in total. The van der Waals surface area contributed by atoms with Crippen molar-refractivity contribution in [2.75, 3.05) is 19.0 Å². The molecule has 1 amide bonds. The van der Waals surface area contributed by atoms with Gasteiger partial charge in [-0.2, -0.15) is 0 Å². The quantitative estimate of drug-likeness (QED) is 0.826. The number of amides is 1. The third-order valence-electron chi connectivity index (χ3n) is 2.90. The van der Waals surface area contributed by atoms with Crippen molar-refractivity contribution in [1.29, 1.82) is 0 Å². The molecule has 0 aliphatic rings. The summed E-state index contributed by atoms with van der Waals surface area (Å²) in [6.07, 6.45) is -0.620. The number of benzene rings is 1. The fourth-order valence-electron chi connectivity index (χ4n) is 1.97. The summed E-state index contributed by atoms with van der Waals surface area (Å²) in [5.41, 5.74) is 7.99. The molecule has 0 radical (unpaired) electrons. The van der Waals surface area contributed by atoms with Crippen molar-refractivity contribution >= 4 is 17.7 Å². The Balaban J connectivity index is 3.27. The molecule has 6 heteroatoms. The first-order valence-electron chi connectivity index (χ1n) is 6.33. The van der Waals surface area contributed by atoms with Gasteiger partial charge in [-0.25, -0.2) is 9.59 Å². The predicted molar refractivity (Wildman–Crippen MR) is 75.8 cm³/mol. The van der Waals surface area contributed by atoms with Gasteiger partial charge in [-0.15, -0.1) is 0 Å². The molecule has 1 atom stereocenters. The number of rotatable bonds is 4. The first kappa shape index (κ1) is 16.0. The molecular formula is C14H20N2O4. The van der Waals surface area contributed by atoms with Gasteiger partial charge in [0.25, 0.3) is 0 Å². The first-order valence-corrected chi connectivity index (χ1v) is 6.33.